The van der Waals surface area contributed by atoms with Gasteiger partial charge in [0.05, 0.1) is 16.7 Å². The molecule has 0 aromatic carbocycles. The van der Waals surface area contributed by atoms with Gasteiger partial charge in [-0.2, -0.15) is 0 Å². The lowest BCUT2D eigenvalue weighted by Gasteiger charge is -2.16. The molecule has 0 amide bonds. The molecule has 0 atom stereocenters. The van der Waals surface area contributed by atoms with Crippen LogP contribution in [0.25, 0.3) is 0 Å². The zero-order chi connectivity index (χ0) is 10.6. The van der Waals surface area contributed by atoms with Gasteiger partial charge in [0, 0.05) is 18.8 Å². The van der Waals surface area contributed by atoms with Gasteiger partial charge in [-0.3, -0.25) is 0 Å². The van der Waals surface area contributed by atoms with Crippen LogP contribution in [0.3, 0.4) is 0 Å². The Hall–Kier alpha value is -0.680. The minimum absolute atomic E-state index is 0.331. The fourth-order valence-corrected chi connectivity index (χ4v) is 0.972. The number of rotatable bonds is 4. The van der Waals surface area contributed by atoms with Gasteiger partial charge in [0.25, 0.3) is 0 Å². The molecular formula is C9H13BrN2O2. The zero-order valence-electron chi connectivity index (χ0n) is 8.20. The maximum absolute atomic E-state index is 9.41. The fourth-order valence-electron chi connectivity index (χ4n) is 0.767. The van der Waals surface area contributed by atoms with E-state index in [-0.39, 0.29) is 0 Å². The SMILES string of the molecule is CC(C)(O)CCOc1ncc(Br)cn1. The molecule has 78 valence electrons. The first-order valence-electron chi connectivity index (χ1n) is 4.30. The van der Waals surface area contributed by atoms with E-state index >= 15 is 0 Å². The summed E-state index contributed by atoms with van der Waals surface area (Å²) in [6.07, 6.45) is 3.78. The maximum atomic E-state index is 9.41. The Kier molecular flexibility index (Phi) is 3.83. The summed E-state index contributed by atoms with van der Waals surface area (Å²) in [6.45, 7) is 3.88. The van der Waals surface area contributed by atoms with Crippen molar-refractivity contribution in [1.82, 2.24) is 9.97 Å². The zero-order valence-corrected chi connectivity index (χ0v) is 9.78. The Balaban J connectivity index is 2.35. The van der Waals surface area contributed by atoms with E-state index in [2.05, 4.69) is 25.9 Å². The van der Waals surface area contributed by atoms with Crippen LogP contribution in [0.2, 0.25) is 0 Å². The topological polar surface area (TPSA) is 55.2 Å². The van der Waals surface area contributed by atoms with Crippen LogP contribution in [0.4, 0.5) is 0 Å². The van der Waals surface area contributed by atoms with E-state index in [1.165, 1.54) is 0 Å². The van der Waals surface area contributed by atoms with E-state index in [4.69, 9.17) is 4.74 Å². The standard InChI is InChI=1S/C9H13BrN2O2/c1-9(2,13)3-4-14-8-11-5-7(10)6-12-8/h5-6,13H,3-4H2,1-2H3. The highest BCUT2D eigenvalue weighted by atomic mass is 79.9. The number of halogens is 1. The Morgan fingerprint density at radius 1 is 1.43 bits per heavy atom. The van der Waals surface area contributed by atoms with Crippen molar-refractivity contribution in [1.29, 1.82) is 0 Å². The third-order valence-electron chi connectivity index (χ3n) is 1.54. The molecule has 0 radical (unpaired) electrons. The quantitative estimate of drug-likeness (QED) is 0.897. The third kappa shape index (κ3) is 4.53. The number of ether oxygens (including phenoxy) is 1. The average Bonchev–Trinajstić information content (AvgIpc) is 2.06. The number of hydrogen-bond acceptors (Lipinski definition) is 4. The van der Waals surface area contributed by atoms with Gasteiger partial charge in [-0.25, -0.2) is 9.97 Å². The predicted molar refractivity (Wildman–Crippen MR) is 56.1 cm³/mol. The lowest BCUT2D eigenvalue weighted by atomic mass is 10.1. The van der Waals surface area contributed by atoms with Crippen LogP contribution >= 0.6 is 15.9 Å². The number of aliphatic hydroxyl groups is 1. The van der Waals surface area contributed by atoms with Crippen molar-refractivity contribution in [3.63, 3.8) is 0 Å². The van der Waals surface area contributed by atoms with E-state index < -0.39 is 5.60 Å². The van der Waals surface area contributed by atoms with Gasteiger partial charge in [-0.1, -0.05) is 0 Å². The van der Waals surface area contributed by atoms with Gasteiger partial charge in [-0.15, -0.1) is 0 Å². The Labute approximate surface area is 91.5 Å². The minimum atomic E-state index is -0.713. The molecule has 1 aromatic heterocycles. The summed E-state index contributed by atoms with van der Waals surface area (Å²) in [4.78, 5) is 7.87. The van der Waals surface area contributed by atoms with Gasteiger partial charge < -0.3 is 9.84 Å². The number of aromatic nitrogens is 2. The first kappa shape index (κ1) is 11.4. The molecule has 1 rings (SSSR count). The minimum Gasteiger partial charge on any atom is -0.463 e. The van der Waals surface area contributed by atoms with E-state index in [0.29, 0.717) is 19.0 Å². The molecule has 5 heteroatoms. The van der Waals surface area contributed by atoms with Crippen molar-refractivity contribution in [3.05, 3.63) is 16.9 Å². The molecule has 0 unspecified atom stereocenters. The van der Waals surface area contributed by atoms with Crippen LogP contribution in [-0.4, -0.2) is 27.3 Å². The average molecular weight is 261 g/mol. The first-order valence-corrected chi connectivity index (χ1v) is 5.09. The van der Waals surface area contributed by atoms with Gasteiger partial charge in [0.2, 0.25) is 0 Å². The lowest BCUT2D eigenvalue weighted by molar-refractivity contribution is 0.0539. The third-order valence-corrected chi connectivity index (χ3v) is 1.95. The van der Waals surface area contributed by atoms with Crippen LogP contribution in [0.15, 0.2) is 16.9 Å². The molecule has 0 fully saturated rings. The van der Waals surface area contributed by atoms with E-state index in [9.17, 15) is 5.11 Å². The van der Waals surface area contributed by atoms with Crippen molar-refractivity contribution in [2.75, 3.05) is 6.61 Å². The number of nitrogens with zero attached hydrogens (tertiary/aromatic N) is 2. The smallest absolute Gasteiger partial charge is 0.316 e. The van der Waals surface area contributed by atoms with Crippen LogP contribution in [0.1, 0.15) is 20.3 Å². The molecule has 0 saturated carbocycles. The van der Waals surface area contributed by atoms with Crippen LogP contribution in [-0.2, 0) is 0 Å². The van der Waals surface area contributed by atoms with Gasteiger partial charge in [0.1, 0.15) is 0 Å². The van der Waals surface area contributed by atoms with Gasteiger partial charge in [-0.05, 0) is 29.8 Å². The van der Waals surface area contributed by atoms with Crippen molar-refractivity contribution in [2.24, 2.45) is 0 Å². The molecule has 1 aromatic rings. The molecule has 0 spiro atoms. The predicted octanol–water partition coefficient (Wildman–Crippen LogP) is 1.78. The summed E-state index contributed by atoms with van der Waals surface area (Å²) in [6, 6.07) is 0.331. The second kappa shape index (κ2) is 4.70. The number of hydrogen-bond donors (Lipinski definition) is 1. The summed E-state index contributed by atoms with van der Waals surface area (Å²) in [5.74, 6) is 0. The highest BCUT2D eigenvalue weighted by Gasteiger charge is 2.12. The van der Waals surface area contributed by atoms with Crippen molar-refractivity contribution >= 4 is 15.9 Å². The van der Waals surface area contributed by atoms with E-state index in [0.717, 1.165) is 4.47 Å². The Bertz CT molecular complexity index is 282. The Morgan fingerprint density at radius 3 is 2.50 bits per heavy atom. The molecule has 0 saturated heterocycles. The molecule has 14 heavy (non-hydrogen) atoms. The summed E-state index contributed by atoms with van der Waals surface area (Å²) in [7, 11) is 0. The monoisotopic (exact) mass is 260 g/mol. The van der Waals surface area contributed by atoms with Crippen molar-refractivity contribution < 1.29 is 9.84 Å². The molecule has 1 N–H and O–H groups in total. The van der Waals surface area contributed by atoms with Crippen LogP contribution < -0.4 is 4.74 Å². The summed E-state index contributed by atoms with van der Waals surface area (Å²) in [5, 5.41) is 9.41. The molecule has 0 aliphatic heterocycles. The largest absolute Gasteiger partial charge is 0.463 e. The van der Waals surface area contributed by atoms with Crippen LogP contribution in [0.5, 0.6) is 6.01 Å². The molecule has 4 nitrogen and oxygen atoms in total. The second-order valence-corrected chi connectivity index (χ2v) is 4.51. The van der Waals surface area contributed by atoms with Crippen molar-refractivity contribution in [3.8, 4) is 6.01 Å². The molecule has 0 aliphatic carbocycles. The van der Waals surface area contributed by atoms with Crippen LogP contribution in [0, 0.1) is 0 Å². The highest BCUT2D eigenvalue weighted by Crippen LogP contribution is 2.10. The summed E-state index contributed by atoms with van der Waals surface area (Å²) < 4.78 is 6.05. The normalized spacial score (nSPS) is 11.4. The van der Waals surface area contributed by atoms with E-state index in [1.54, 1.807) is 26.2 Å². The molecule has 0 aliphatic rings. The lowest BCUT2D eigenvalue weighted by Crippen LogP contribution is -2.22. The van der Waals surface area contributed by atoms with Gasteiger partial charge >= 0.3 is 6.01 Å². The molecule has 0 bridgehead atoms. The van der Waals surface area contributed by atoms with Crippen molar-refractivity contribution in [2.45, 2.75) is 25.9 Å². The summed E-state index contributed by atoms with van der Waals surface area (Å²) in [5.41, 5.74) is -0.713. The van der Waals surface area contributed by atoms with E-state index in [1.807, 2.05) is 0 Å². The first-order chi connectivity index (χ1) is 6.47. The summed E-state index contributed by atoms with van der Waals surface area (Å²) >= 11 is 3.22. The molecular weight excluding hydrogens is 248 g/mol. The van der Waals surface area contributed by atoms with Gasteiger partial charge in [0.15, 0.2) is 0 Å². The highest BCUT2D eigenvalue weighted by molar-refractivity contribution is 9.10. The Morgan fingerprint density at radius 2 is 2.00 bits per heavy atom. The molecule has 1 heterocycles. The maximum Gasteiger partial charge on any atom is 0.316 e. The fraction of sp³-hybridized carbons (Fsp3) is 0.556. The second-order valence-electron chi connectivity index (χ2n) is 3.59.